The van der Waals surface area contributed by atoms with Gasteiger partial charge in [-0.2, -0.15) is 0 Å². The van der Waals surface area contributed by atoms with Crippen molar-refractivity contribution in [2.45, 2.75) is 86.0 Å². The summed E-state index contributed by atoms with van der Waals surface area (Å²) in [6.07, 6.45) is -9.65. The van der Waals surface area contributed by atoms with Crippen LogP contribution < -0.4 is 0 Å². The third kappa shape index (κ3) is 6.93. The Balaban J connectivity index is 1.15. The number of aliphatic hydroxyl groups excluding tert-OH is 1. The number of rotatable bonds is 9. The van der Waals surface area contributed by atoms with Crippen LogP contribution in [0.15, 0.2) is 60.7 Å². The Hall–Kier alpha value is -1.56. The van der Waals surface area contributed by atoms with E-state index in [4.69, 9.17) is 70.6 Å². The van der Waals surface area contributed by atoms with E-state index in [0.717, 1.165) is 11.1 Å². The molecule has 3 unspecified atom stereocenters. The number of fused-ring (bicyclic) bond motifs is 3. The Bertz CT molecular complexity index is 1350. The third-order valence-corrected chi connectivity index (χ3v) is 10.1. The Morgan fingerprint density at radius 2 is 1.45 bits per heavy atom. The van der Waals surface area contributed by atoms with E-state index in [-0.39, 0.29) is 19.1 Å². The van der Waals surface area contributed by atoms with Crippen LogP contribution in [0.3, 0.4) is 0 Å². The molecule has 47 heavy (non-hydrogen) atoms. The average Bonchev–Trinajstić information content (AvgIpc) is 3.49. The summed E-state index contributed by atoms with van der Waals surface area (Å²) in [5.74, 6) is -2.66. The quantitative estimate of drug-likeness (QED) is 0.300. The lowest BCUT2D eigenvalue weighted by Crippen LogP contribution is -2.64. The Morgan fingerprint density at radius 1 is 0.851 bits per heavy atom. The summed E-state index contributed by atoms with van der Waals surface area (Å²) < 4.78 is 62.1. The number of benzene rings is 2. The molecule has 13 atom stereocenters. The topological polar surface area (TPSA) is 130 Å². The highest BCUT2D eigenvalue weighted by atomic mass is 35.5. The van der Waals surface area contributed by atoms with Crippen molar-refractivity contribution < 1.29 is 57.3 Å². The lowest BCUT2D eigenvalue weighted by atomic mass is 9.97. The van der Waals surface area contributed by atoms with Crippen LogP contribution in [-0.4, -0.2) is 108 Å². The fourth-order valence-electron chi connectivity index (χ4n) is 6.41. The van der Waals surface area contributed by atoms with Crippen molar-refractivity contribution in [2.24, 2.45) is 0 Å². The van der Waals surface area contributed by atoms with Crippen molar-refractivity contribution in [3.63, 3.8) is 0 Å². The van der Waals surface area contributed by atoms with Gasteiger partial charge < -0.3 is 47.7 Å². The molecule has 0 amide bonds. The number of hydrogen-bond acceptors (Lipinski definition) is 13. The van der Waals surface area contributed by atoms with E-state index in [2.05, 4.69) is 0 Å². The molecule has 12 nitrogen and oxygen atoms in total. The number of esters is 1. The predicted molar refractivity (Wildman–Crippen MR) is 166 cm³/mol. The zero-order valence-electron chi connectivity index (χ0n) is 25.3. The highest BCUT2D eigenvalue weighted by molar-refractivity contribution is 7.99. The summed E-state index contributed by atoms with van der Waals surface area (Å²) in [5.41, 5.74) is 0.928. The minimum absolute atomic E-state index is 0.119. The van der Waals surface area contributed by atoms with Gasteiger partial charge in [-0.15, -0.1) is 35.0 Å². The van der Waals surface area contributed by atoms with Gasteiger partial charge in [-0.1, -0.05) is 67.6 Å². The van der Waals surface area contributed by atoms with Gasteiger partial charge in [-0.25, -0.2) is 0 Å². The molecule has 0 aliphatic carbocycles. The predicted octanol–water partition coefficient (Wildman–Crippen LogP) is 3.62. The highest BCUT2D eigenvalue weighted by Crippen LogP contribution is 2.46. The van der Waals surface area contributed by atoms with Gasteiger partial charge in [0.1, 0.15) is 53.8 Å². The summed E-state index contributed by atoms with van der Waals surface area (Å²) >= 11 is 13.8. The summed E-state index contributed by atoms with van der Waals surface area (Å²) in [4.78, 5) is 12.6. The first-order valence-electron chi connectivity index (χ1n) is 15.5. The molecule has 5 fully saturated rings. The number of alkyl halides is 2. The van der Waals surface area contributed by atoms with E-state index in [0.29, 0.717) is 5.75 Å². The van der Waals surface area contributed by atoms with E-state index >= 15 is 0 Å². The summed E-state index contributed by atoms with van der Waals surface area (Å²) in [6.45, 7) is 2.28. The van der Waals surface area contributed by atoms with Crippen LogP contribution in [0.5, 0.6) is 0 Å². The molecule has 256 valence electrons. The van der Waals surface area contributed by atoms with Crippen molar-refractivity contribution in [3.05, 3.63) is 71.8 Å². The molecule has 2 aromatic rings. The molecule has 1 N–H and O–H groups in total. The lowest BCUT2D eigenvalue weighted by Gasteiger charge is -2.49. The maximum absolute atomic E-state index is 12.6. The Labute approximate surface area is 286 Å². The second kappa shape index (κ2) is 14.7. The zero-order chi connectivity index (χ0) is 32.5. The molecule has 5 aliphatic rings. The molecule has 0 aromatic heterocycles. The SMILES string of the molecule is CCS[C@@H]1O[C@@H]2COC(c3ccccc3)O[C@H]2[C@H](OC2(CCl)O[C@H]3O[C@@H]4COC(c5ccccc5)O[C@H]4[C@H](OC(=O)CCl)[C@H]3O2)[C@H]1O. The lowest BCUT2D eigenvalue weighted by molar-refractivity contribution is -0.402. The maximum atomic E-state index is 12.6. The highest BCUT2D eigenvalue weighted by Gasteiger charge is 2.63. The Kier molecular flexibility index (Phi) is 10.6. The van der Waals surface area contributed by atoms with Gasteiger partial charge >= 0.3 is 11.9 Å². The van der Waals surface area contributed by atoms with Gasteiger partial charge in [0.05, 0.1) is 13.2 Å². The number of ether oxygens (including phenoxy) is 10. The number of aliphatic hydroxyl groups is 1. The first-order chi connectivity index (χ1) is 22.9. The van der Waals surface area contributed by atoms with Gasteiger partial charge in [0.2, 0.25) is 0 Å². The van der Waals surface area contributed by atoms with Gasteiger partial charge in [0.15, 0.2) is 31.1 Å². The molecule has 5 aliphatic heterocycles. The Morgan fingerprint density at radius 3 is 2.02 bits per heavy atom. The number of thioether (sulfide) groups is 1. The fraction of sp³-hybridized carbons (Fsp3) is 0.594. The zero-order valence-corrected chi connectivity index (χ0v) is 27.7. The van der Waals surface area contributed by atoms with E-state index in [1.54, 1.807) is 0 Å². The molecule has 0 saturated carbocycles. The molecule has 2 aromatic carbocycles. The maximum Gasteiger partial charge on any atom is 0.321 e. The second-order valence-electron chi connectivity index (χ2n) is 11.6. The molecule has 0 spiro atoms. The summed E-state index contributed by atoms with van der Waals surface area (Å²) in [6, 6.07) is 18.8. The molecule has 5 heterocycles. The van der Waals surface area contributed by atoms with E-state index in [1.807, 2.05) is 67.6 Å². The molecular formula is C32H36Cl2O12S. The van der Waals surface area contributed by atoms with Crippen LogP contribution in [0.4, 0.5) is 0 Å². The molecular weight excluding hydrogens is 679 g/mol. The van der Waals surface area contributed by atoms with Gasteiger partial charge in [0, 0.05) is 11.1 Å². The monoisotopic (exact) mass is 714 g/mol. The van der Waals surface area contributed by atoms with Gasteiger partial charge in [-0.3, -0.25) is 9.53 Å². The smallest absolute Gasteiger partial charge is 0.321 e. The van der Waals surface area contributed by atoms with Crippen molar-refractivity contribution in [3.8, 4) is 0 Å². The summed E-state index contributed by atoms with van der Waals surface area (Å²) in [5, 5.41) is 11.6. The number of halogens is 2. The molecule has 0 radical (unpaired) electrons. The van der Waals surface area contributed by atoms with E-state index in [9.17, 15) is 9.90 Å². The molecule has 7 rings (SSSR count). The van der Waals surface area contributed by atoms with E-state index < -0.39 is 91.0 Å². The molecule has 0 bridgehead atoms. The van der Waals surface area contributed by atoms with Gasteiger partial charge in [-0.05, 0) is 5.75 Å². The second-order valence-corrected chi connectivity index (χ2v) is 13.5. The number of hydrogen-bond donors (Lipinski definition) is 1. The van der Waals surface area contributed by atoms with Crippen molar-refractivity contribution in [1.29, 1.82) is 0 Å². The van der Waals surface area contributed by atoms with Crippen molar-refractivity contribution >= 4 is 40.9 Å². The third-order valence-electron chi connectivity index (χ3n) is 8.53. The minimum atomic E-state index is -1.94. The van der Waals surface area contributed by atoms with Crippen molar-refractivity contribution in [2.75, 3.05) is 30.7 Å². The van der Waals surface area contributed by atoms with Crippen LogP contribution in [0, 0.1) is 0 Å². The largest absolute Gasteiger partial charge is 0.456 e. The van der Waals surface area contributed by atoms with Crippen LogP contribution in [0.1, 0.15) is 30.6 Å². The van der Waals surface area contributed by atoms with Crippen LogP contribution in [0.2, 0.25) is 0 Å². The first-order valence-corrected chi connectivity index (χ1v) is 17.6. The summed E-state index contributed by atoms with van der Waals surface area (Å²) in [7, 11) is 0. The molecule has 15 heteroatoms. The first kappa shape index (κ1) is 33.9. The van der Waals surface area contributed by atoms with Crippen LogP contribution in [-0.2, 0) is 52.2 Å². The molecule has 5 saturated heterocycles. The number of carbonyl (C=O) groups is 1. The van der Waals surface area contributed by atoms with E-state index in [1.165, 1.54) is 11.8 Å². The average molecular weight is 716 g/mol. The standard InChI is InChI=1S/C32H36Cl2O12S/c1-2-47-31-22(36)25(23-20(40-31)15-38-28(42-23)17-9-5-3-6-10-17)44-32(16-34)45-27-26(41-21(35)13-33)24-19(39-30(27)46-32)14-37-29(43-24)18-11-7-4-8-12-18/h3-12,19-20,22-31,36H,2,13-16H2,1H3/t19-,20-,22-,23-,24-,25-,26+,27-,28?,29?,30-,31+,32?/m1/s1. The van der Waals surface area contributed by atoms with Crippen molar-refractivity contribution in [1.82, 2.24) is 0 Å². The van der Waals surface area contributed by atoms with Gasteiger partial charge in [0.25, 0.3) is 0 Å². The van der Waals surface area contributed by atoms with Crippen LogP contribution in [0.25, 0.3) is 0 Å². The minimum Gasteiger partial charge on any atom is -0.456 e. The number of carbonyl (C=O) groups excluding carboxylic acids is 1. The van der Waals surface area contributed by atoms with Crippen LogP contribution >= 0.6 is 35.0 Å². The fourth-order valence-corrected chi connectivity index (χ4v) is 7.57. The normalized spacial score (nSPS) is 41.4.